The Kier molecular flexibility index (Phi) is 4.48. The Labute approximate surface area is 133 Å². The molecule has 0 aliphatic heterocycles. The molecule has 0 N–H and O–H groups in total. The number of halogens is 1. The monoisotopic (exact) mass is 380 g/mol. The van der Waals surface area contributed by atoms with Gasteiger partial charge in [-0.2, -0.15) is 0 Å². The number of ether oxygens (including phenoxy) is 1. The molecule has 2 rings (SSSR count). The van der Waals surface area contributed by atoms with Crippen LogP contribution in [0.25, 0.3) is 0 Å². The van der Waals surface area contributed by atoms with Crippen LogP contribution in [0.2, 0.25) is 0 Å². The number of aryl methyl sites for hydroxylation is 2. The van der Waals surface area contributed by atoms with Crippen molar-refractivity contribution < 1.29 is 9.53 Å². The first-order valence-corrected chi connectivity index (χ1v) is 7.49. The third-order valence-electron chi connectivity index (χ3n) is 3.56. The number of benzene rings is 2. The molecule has 0 amide bonds. The second kappa shape index (κ2) is 5.95. The van der Waals surface area contributed by atoms with Crippen LogP contribution < -0.4 is 4.74 Å². The maximum absolute atomic E-state index is 12.8. The second-order valence-corrected chi connectivity index (χ2v) is 5.93. The van der Waals surface area contributed by atoms with E-state index in [1.165, 1.54) is 0 Å². The first-order valence-electron chi connectivity index (χ1n) is 6.41. The summed E-state index contributed by atoms with van der Waals surface area (Å²) in [4.78, 5) is 12.8. The van der Waals surface area contributed by atoms with Crippen molar-refractivity contribution in [3.05, 3.63) is 61.7 Å². The minimum absolute atomic E-state index is 0.0121. The molecular formula is C17H17IO2. The van der Waals surface area contributed by atoms with Gasteiger partial charge in [-0.05, 0) is 72.2 Å². The number of carbonyl (C=O) groups excluding carboxylic acids is 1. The third-order valence-corrected chi connectivity index (χ3v) is 4.99. The average Bonchev–Trinajstić information content (AvgIpc) is 2.44. The Morgan fingerprint density at radius 1 is 1.00 bits per heavy atom. The zero-order valence-electron chi connectivity index (χ0n) is 12.1. The second-order valence-electron chi connectivity index (χ2n) is 4.85. The lowest BCUT2D eigenvalue weighted by Gasteiger charge is -2.14. The summed E-state index contributed by atoms with van der Waals surface area (Å²) >= 11 is 2.22. The summed E-state index contributed by atoms with van der Waals surface area (Å²) in [5.74, 6) is 0.686. The van der Waals surface area contributed by atoms with E-state index in [1.54, 1.807) is 7.11 Å². The van der Waals surface area contributed by atoms with Crippen LogP contribution in [-0.4, -0.2) is 12.9 Å². The predicted molar refractivity (Wildman–Crippen MR) is 89.8 cm³/mol. The minimum atomic E-state index is 0.0121. The van der Waals surface area contributed by atoms with Gasteiger partial charge in [-0.25, -0.2) is 0 Å². The van der Waals surface area contributed by atoms with Crippen LogP contribution >= 0.6 is 22.6 Å². The molecular weight excluding hydrogens is 363 g/mol. The lowest BCUT2D eigenvalue weighted by molar-refractivity contribution is 0.103. The Bertz CT molecular complexity index is 675. The molecule has 3 heteroatoms. The van der Waals surface area contributed by atoms with Gasteiger partial charge in [0.2, 0.25) is 0 Å². The van der Waals surface area contributed by atoms with Gasteiger partial charge in [-0.3, -0.25) is 4.79 Å². The highest BCUT2D eigenvalue weighted by molar-refractivity contribution is 14.1. The molecule has 0 spiro atoms. The van der Waals surface area contributed by atoms with Crippen LogP contribution in [0.4, 0.5) is 0 Å². The highest BCUT2D eigenvalue weighted by Gasteiger charge is 2.19. The van der Waals surface area contributed by atoms with Crippen molar-refractivity contribution in [3.8, 4) is 5.75 Å². The normalized spacial score (nSPS) is 10.4. The molecule has 0 bridgehead atoms. The van der Waals surface area contributed by atoms with Crippen molar-refractivity contribution in [1.82, 2.24) is 0 Å². The zero-order chi connectivity index (χ0) is 14.9. The molecule has 0 aliphatic rings. The summed E-state index contributed by atoms with van der Waals surface area (Å²) in [7, 11) is 1.61. The van der Waals surface area contributed by atoms with Crippen LogP contribution in [-0.2, 0) is 0 Å². The van der Waals surface area contributed by atoms with E-state index in [0.717, 1.165) is 25.8 Å². The van der Waals surface area contributed by atoms with E-state index in [4.69, 9.17) is 4.74 Å². The van der Waals surface area contributed by atoms with Crippen LogP contribution in [0, 0.1) is 24.3 Å². The fourth-order valence-corrected chi connectivity index (χ4v) is 2.80. The summed E-state index contributed by atoms with van der Waals surface area (Å²) in [6.45, 7) is 6.00. The van der Waals surface area contributed by atoms with E-state index >= 15 is 0 Å². The molecule has 2 nitrogen and oxygen atoms in total. The van der Waals surface area contributed by atoms with Crippen molar-refractivity contribution >= 4 is 28.4 Å². The Balaban J connectivity index is 2.60. The largest absolute Gasteiger partial charge is 0.496 e. The lowest BCUT2D eigenvalue weighted by atomic mass is 9.97. The highest BCUT2D eigenvalue weighted by atomic mass is 127. The molecule has 0 aliphatic carbocycles. The van der Waals surface area contributed by atoms with Crippen LogP contribution in [0.5, 0.6) is 5.75 Å². The van der Waals surface area contributed by atoms with Gasteiger partial charge in [-0.15, -0.1) is 0 Å². The number of hydrogen-bond donors (Lipinski definition) is 0. The SMILES string of the molecule is COc1c(C(=O)c2cccc(C)c2I)ccc(C)c1C. The van der Waals surface area contributed by atoms with Gasteiger partial charge >= 0.3 is 0 Å². The van der Waals surface area contributed by atoms with Gasteiger partial charge in [0.15, 0.2) is 5.78 Å². The van der Waals surface area contributed by atoms with Crippen molar-refractivity contribution in [2.75, 3.05) is 7.11 Å². The van der Waals surface area contributed by atoms with E-state index < -0.39 is 0 Å². The van der Waals surface area contributed by atoms with E-state index in [9.17, 15) is 4.79 Å². The van der Waals surface area contributed by atoms with E-state index in [-0.39, 0.29) is 5.78 Å². The maximum atomic E-state index is 12.8. The average molecular weight is 380 g/mol. The number of rotatable bonds is 3. The summed E-state index contributed by atoms with van der Waals surface area (Å²) in [6, 6.07) is 9.61. The minimum Gasteiger partial charge on any atom is -0.496 e. The summed E-state index contributed by atoms with van der Waals surface area (Å²) in [5.41, 5.74) is 4.60. The standard InChI is InChI=1S/C17H17IO2/c1-10-8-9-14(17(20-4)12(10)3)16(19)13-7-5-6-11(2)15(13)18/h5-9H,1-4H3. The van der Waals surface area contributed by atoms with E-state index in [0.29, 0.717) is 11.3 Å². The van der Waals surface area contributed by atoms with Crippen LogP contribution in [0.15, 0.2) is 30.3 Å². The quantitative estimate of drug-likeness (QED) is 0.581. The maximum Gasteiger partial charge on any atom is 0.197 e. The van der Waals surface area contributed by atoms with Gasteiger partial charge in [0.25, 0.3) is 0 Å². The van der Waals surface area contributed by atoms with E-state index in [2.05, 4.69) is 22.6 Å². The van der Waals surface area contributed by atoms with Crippen molar-refractivity contribution in [3.63, 3.8) is 0 Å². The molecule has 2 aromatic carbocycles. The van der Waals surface area contributed by atoms with Gasteiger partial charge in [0, 0.05) is 9.13 Å². The third kappa shape index (κ3) is 2.59. The zero-order valence-corrected chi connectivity index (χ0v) is 14.2. The van der Waals surface area contributed by atoms with Gasteiger partial charge in [0.05, 0.1) is 12.7 Å². The molecule has 2 aromatic rings. The molecule has 0 saturated carbocycles. The molecule has 0 radical (unpaired) electrons. The van der Waals surface area contributed by atoms with Crippen LogP contribution in [0.1, 0.15) is 32.6 Å². The number of methoxy groups -OCH3 is 1. The van der Waals surface area contributed by atoms with Gasteiger partial charge in [0.1, 0.15) is 5.75 Å². The van der Waals surface area contributed by atoms with Gasteiger partial charge in [-0.1, -0.05) is 18.2 Å². The summed E-state index contributed by atoms with van der Waals surface area (Å²) in [5, 5.41) is 0. The number of ketones is 1. The topological polar surface area (TPSA) is 26.3 Å². The van der Waals surface area contributed by atoms with E-state index in [1.807, 2.05) is 51.1 Å². The lowest BCUT2D eigenvalue weighted by Crippen LogP contribution is -2.08. The molecule has 0 heterocycles. The smallest absolute Gasteiger partial charge is 0.197 e. The van der Waals surface area contributed by atoms with Gasteiger partial charge < -0.3 is 4.74 Å². The molecule has 20 heavy (non-hydrogen) atoms. The fourth-order valence-electron chi connectivity index (χ4n) is 2.20. The highest BCUT2D eigenvalue weighted by Crippen LogP contribution is 2.29. The van der Waals surface area contributed by atoms with Crippen molar-refractivity contribution in [2.45, 2.75) is 20.8 Å². The molecule has 0 atom stereocenters. The molecule has 104 valence electrons. The Hall–Kier alpha value is -1.36. The Morgan fingerprint density at radius 3 is 2.35 bits per heavy atom. The first-order chi connectivity index (χ1) is 9.47. The fraction of sp³-hybridized carbons (Fsp3) is 0.235. The first kappa shape index (κ1) is 15.0. The molecule has 0 saturated heterocycles. The molecule has 0 unspecified atom stereocenters. The summed E-state index contributed by atoms with van der Waals surface area (Å²) in [6.07, 6.45) is 0. The Morgan fingerprint density at radius 2 is 1.70 bits per heavy atom. The molecule has 0 aromatic heterocycles. The number of hydrogen-bond acceptors (Lipinski definition) is 2. The number of carbonyl (C=O) groups is 1. The van der Waals surface area contributed by atoms with Crippen LogP contribution in [0.3, 0.4) is 0 Å². The molecule has 0 fully saturated rings. The van der Waals surface area contributed by atoms with Crippen molar-refractivity contribution in [2.24, 2.45) is 0 Å². The van der Waals surface area contributed by atoms with Crippen molar-refractivity contribution in [1.29, 1.82) is 0 Å². The summed E-state index contributed by atoms with van der Waals surface area (Å²) < 4.78 is 6.44. The predicted octanol–water partition coefficient (Wildman–Crippen LogP) is 4.46.